The van der Waals surface area contributed by atoms with Gasteiger partial charge in [0.25, 0.3) is 0 Å². The number of nitrogens with two attached hydrogens (primary N) is 1. The van der Waals surface area contributed by atoms with Gasteiger partial charge in [0.05, 0.1) is 11.4 Å². The molecular formula is C13H24N2OSi. The van der Waals surface area contributed by atoms with Crippen LogP contribution in [0.1, 0.15) is 20.8 Å². The minimum Gasteiger partial charge on any atom is -0.543 e. The average molecular weight is 252 g/mol. The molecule has 0 atom stereocenters. The first kappa shape index (κ1) is 13.9. The molecule has 0 aromatic heterocycles. The second kappa shape index (κ2) is 4.60. The summed E-state index contributed by atoms with van der Waals surface area (Å²) in [5.74, 6) is 0.898. The fraction of sp³-hybridized carbons (Fsp3) is 0.538. The smallest absolute Gasteiger partial charge is 0.250 e. The molecule has 0 bridgehead atoms. The molecule has 0 spiro atoms. The summed E-state index contributed by atoms with van der Waals surface area (Å²) in [5.41, 5.74) is 7.51. The summed E-state index contributed by atoms with van der Waals surface area (Å²) in [4.78, 5) is 0. The lowest BCUT2D eigenvalue weighted by atomic mass is 10.2. The van der Waals surface area contributed by atoms with Crippen LogP contribution in [0.15, 0.2) is 18.2 Å². The molecule has 0 saturated carbocycles. The van der Waals surface area contributed by atoms with Crippen molar-refractivity contribution in [2.75, 3.05) is 18.1 Å². The zero-order valence-electron chi connectivity index (χ0n) is 11.7. The maximum Gasteiger partial charge on any atom is 0.250 e. The zero-order chi connectivity index (χ0) is 13.3. The molecule has 1 aromatic carbocycles. The quantitative estimate of drug-likeness (QED) is 0.637. The van der Waals surface area contributed by atoms with Gasteiger partial charge in [-0.05, 0) is 30.3 Å². The SMILES string of the molecule is CNc1cc(O[Si](C)(C)C(C)(C)C)ccc1N. The van der Waals surface area contributed by atoms with E-state index in [-0.39, 0.29) is 5.04 Å². The third-order valence-electron chi connectivity index (χ3n) is 3.47. The zero-order valence-corrected chi connectivity index (χ0v) is 12.7. The van der Waals surface area contributed by atoms with E-state index in [0.717, 1.165) is 17.1 Å². The van der Waals surface area contributed by atoms with Crippen molar-refractivity contribution in [2.45, 2.75) is 38.9 Å². The van der Waals surface area contributed by atoms with Crippen molar-refractivity contribution in [3.63, 3.8) is 0 Å². The largest absolute Gasteiger partial charge is 0.543 e. The molecule has 1 rings (SSSR count). The van der Waals surface area contributed by atoms with E-state index in [1.54, 1.807) is 0 Å². The Morgan fingerprint density at radius 1 is 1.24 bits per heavy atom. The van der Waals surface area contributed by atoms with Gasteiger partial charge in [-0.25, -0.2) is 0 Å². The lowest BCUT2D eigenvalue weighted by Gasteiger charge is -2.36. The molecule has 3 N–H and O–H groups in total. The Hall–Kier alpha value is -1.16. The molecule has 0 amide bonds. The van der Waals surface area contributed by atoms with E-state index < -0.39 is 8.32 Å². The van der Waals surface area contributed by atoms with E-state index in [4.69, 9.17) is 10.2 Å². The molecule has 0 aliphatic heterocycles. The van der Waals surface area contributed by atoms with Gasteiger partial charge in [0.15, 0.2) is 0 Å². The lowest BCUT2D eigenvalue weighted by molar-refractivity contribution is 0.492. The Morgan fingerprint density at radius 3 is 2.29 bits per heavy atom. The minimum absolute atomic E-state index is 0.203. The predicted octanol–water partition coefficient (Wildman–Crippen LogP) is 3.69. The summed E-state index contributed by atoms with van der Waals surface area (Å²) >= 11 is 0. The van der Waals surface area contributed by atoms with Crippen LogP contribution in [-0.2, 0) is 0 Å². The normalized spacial score (nSPS) is 12.4. The van der Waals surface area contributed by atoms with Gasteiger partial charge < -0.3 is 15.5 Å². The number of benzene rings is 1. The average Bonchev–Trinajstić information content (AvgIpc) is 2.19. The van der Waals surface area contributed by atoms with Crippen LogP contribution in [0.5, 0.6) is 5.75 Å². The molecule has 17 heavy (non-hydrogen) atoms. The first-order valence-corrected chi connectivity index (χ1v) is 8.84. The van der Waals surface area contributed by atoms with Crippen molar-refractivity contribution in [3.8, 4) is 5.75 Å². The maximum atomic E-state index is 6.21. The second-order valence-corrected chi connectivity index (χ2v) is 10.6. The summed E-state index contributed by atoms with van der Waals surface area (Å²) in [6, 6.07) is 5.79. The van der Waals surface area contributed by atoms with Gasteiger partial charge in [0, 0.05) is 13.1 Å². The minimum atomic E-state index is -1.77. The standard InChI is InChI=1S/C13H24N2OSi/c1-13(2,3)17(5,6)16-10-7-8-11(14)12(9-10)15-4/h7-9,15H,14H2,1-6H3. The number of nitrogens with one attached hydrogen (secondary N) is 1. The van der Waals surface area contributed by atoms with Gasteiger partial charge in [-0.1, -0.05) is 20.8 Å². The summed E-state index contributed by atoms with van der Waals surface area (Å²) in [5, 5.41) is 3.27. The molecule has 0 aliphatic rings. The number of anilines is 2. The molecule has 0 unspecified atom stereocenters. The van der Waals surface area contributed by atoms with Crippen molar-refractivity contribution in [2.24, 2.45) is 0 Å². The van der Waals surface area contributed by atoms with E-state index in [0.29, 0.717) is 0 Å². The first-order chi connectivity index (χ1) is 7.67. The van der Waals surface area contributed by atoms with Gasteiger partial charge in [0.1, 0.15) is 5.75 Å². The highest BCUT2D eigenvalue weighted by atomic mass is 28.4. The molecule has 0 radical (unpaired) electrons. The van der Waals surface area contributed by atoms with E-state index >= 15 is 0 Å². The Morgan fingerprint density at radius 2 is 1.82 bits per heavy atom. The van der Waals surface area contributed by atoms with Gasteiger partial charge in [-0.3, -0.25) is 0 Å². The monoisotopic (exact) mass is 252 g/mol. The highest BCUT2D eigenvalue weighted by Crippen LogP contribution is 2.38. The molecule has 0 fully saturated rings. The van der Waals surface area contributed by atoms with Crippen LogP contribution in [0, 0.1) is 0 Å². The van der Waals surface area contributed by atoms with E-state index in [9.17, 15) is 0 Å². The predicted molar refractivity (Wildman–Crippen MR) is 78.2 cm³/mol. The maximum absolute atomic E-state index is 6.21. The van der Waals surface area contributed by atoms with Crippen molar-refractivity contribution in [3.05, 3.63) is 18.2 Å². The first-order valence-electron chi connectivity index (χ1n) is 5.93. The summed E-state index contributed by atoms with van der Waals surface area (Å²) in [7, 11) is 0.0955. The van der Waals surface area contributed by atoms with Crippen LogP contribution in [0.4, 0.5) is 11.4 Å². The number of nitrogen functional groups attached to an aromatic ring is 1. The fourth-order valence-electron chi connectivity index (χ4n) is 1.26. The number of hydrogen-bond donors (Lipinski definition) is 2. The Labute approximate surface area is 105 Å². The van der Waals surface area contributed by atoms with E-state index in [1.807, 2.05) is 25.2 Å². The second-order valence-electron chi connectivity index (χ2n) is 5.86. The summed E-state index contributed by atoms with van der Waals surface area (Å²) in [6.45, 7) is 11.2. The molecule has 4 heteroatoms. The molecule has 0 saturated heterocycles. The number of rotatable bonds is 3. The van der Waals surface area contributed by atoms with Crippen molar-refractivity contribution >= 4 is 19.7 Å². The van der Waals surface area contributed by atoms with Crippen LogP contribution in [0.2, 0.25) is 18.1 Å². The molecule has 0 heterocycles. The number of hydrogen-bond acceptors (Lipinski definition) is 3. The van der Waals surface area contributed by atoms with Gasteiger partial charge >= 0.3 is 0 Å². The highest BCUT2D eigenvalue weighted by molar-refractivity contribution is 6.74. The van der Waals surface area contributed by atoms with Crippen LogP contribution in [0.25, 0.3) is 0 Å². The van der Waals surface area contributed by atoms with Crippen LogP contribution < -0.4 is 15.5 Å². The third-order valence-corrected chi connectivity index (χ3v) is 7.83. The lowest BCUT2D eigenvalue weighted by Crippen LogP contribution is -2.43. The summed E-state index contributed by atoms with van der Waals surface area (Å²) < 4.78 is 6.21. The Kier molecular flexibility index (Phi) is 3.77. The Balaban J connectivity index is 2.96. The molecule has 1 aromatic rings. The molecule has 3 nitrogen and oxygen atoms in total. The third kappa shape index (κ3) is 3.16. The summed E-state index contributed by atoms with van der Waals surface area (Å²) in [6.07, 6.45) is 0. The van der Waals surface area contributed by atoms with Crippen molar-refractivity contribution in [1.82, 2.24) is 0 Å². The molecule has 0 aliphatic carbocycles. The fourth-order valence-corrected chi connectivity index (χ4v) is 2.29. The van der Waals surface area contributed by atoms with E-state index in [2.05, 4.69) is 39.2 Å². The van der Waals surface area contributed by atoms with Crippen molar-refractivity contribution < 1.29 is 4.43 Å². The topological polar surface area (TPSA) is 47.3 Å². The van der Waals surface area contributed by atoms with Crippen LogP contribution in [0.3, 0.4) is 0 Å². The van der Waals surface area contributed by atoms with Crippen LogP contribution >= 0.6 is 0 Å². The Bertz CT molecular complexity index is 397. The van der Waals surface area contributed by atoms with Gasteiger partial charge in [-0.15, -0.1) is 0 Å². The van der Waals surface area contributed by atoms with E-state index in [1.165, 1.54) is 0 Å². The van der Waals surface area contributed by atoms with Gasteiger partial charge in [-0.2, -0.15) is 0 Å². The molecule has 96 valence electrons. The highest BCUT2D eigenvalue weighted by Gasteiger charge is 2.38. The van der Waals surface area contributed by atoms with Crippen molar-refractivity contribution in [1.29, 1.82) is 0 Å². The van der Waals surface area contributed by atoms with Gasteiger partial charge in [0.2, 0.25) is 8.32 Å². The molecular weight excluding hydrogens is 228 g/mol. The van der Waals surface area contributed by atoms with Crippen LogP contribution in [-0.4, -0.2) is 15.4 Å².